The first-order valence-corrected chi connectivity index (χ1v) is 8.82. The number of hydrogen-bond donors (Lipinski definition) is 0. The van der Waals surface area contributed by atoms with Gasteiger partial charge < -0.3 is 4.74 Å². The quantitative estimate of drug-likeness (QED) is 0.591. The minimum absolute atomic E-state index is 0.343. The number of thioether (sulfide) groups is 1. The summed E-state index contributed by atoms with van der Waals surface area (Å²) in [7, 11) is 0. The highest BCUT2D eigenvalue weighted by Gasteiger charge is 2.10. The maximum atomic E-state index is 5.78. The molecular formula is C18H30OS. The lowest BCUT2D eigenvalue weighted by atomic mass is 9.88. The molecule has 0 spiro atoms. The maximum absolute atomic E-state index is 5.78. The van der Waals surface area contributed by atoms with Crippen LogP contribution in [0, 0.1) is 11.3 Å². The molecule has 0 bridgehead atoms. The van der Waals surface area contributed by atoms with Crippen molar-refractivity contribution in [1.29, 1.82) is 0 Å². The highest BCUT2D eigenvalue weighted by atomic mass is 32.2. The van der Waals surface area contributed by atoms with E-state index in [9.17, 15) is 0 Å². The van der Waals surface area contributed by atoms with E-state index in [-0.39, 0.29) is 0 Å². The Kier molecular flexibility index (Phi) is 7.50. The lowest BCUT2D eigenvalue weighted by Gasteiger charge is -2.18. The first kappa shape index (κ1) is 17.4. The van der Waals surface area contributed by atoms with Gasteiger partial charge in [0.25, 0.3) is 0 Å². The predicted octanol–water partition coefficient (Wildman–Crippen LogP) is 5.43. The highest BCUT2D eigenvalue weighted by molar-refractivity contribution is 7.99. The van der Waals surface area contributed by atoms with Crippen LogP contribution >= 0.6 is 11.8 Å². The van der Waals surface area contributed by atoms with E-state index in [0.717, 1.165) is 31.1 Å². The van der Waals surface area contributed by atoms with E-state index in [4.69, 9.17) is 4.74 Å². The van der Waals surface area contributed by atoms with Crippen LogP contribution in [0.15, 0.2) is 24.3 Å². The molecule has 0 unspecified atom stereocenters. The molecule has 1 nitrogen and oxygen atoms in total. The Balaban J connectivity index is 2.21. The lowest BCUT2D eigenvalue weighted by molar-refractivity contribution is 0.318. The first-order valence-electron chi connectivity index (χ1n) is 7.66. The van der Waals surface area contributed by atoms with E-state index >= 15 is 0 Å². The van der Waals surface area contributed by atoms with Gasteiger partial charge in [0.05, 0.1) is 6.61 Å². The number of hydrogen-bond acceptors (Lipinski definition) is 2. The largest absolute Gasteiger partial charge is 0.494 e. The number of ether oxygens (including phenoxy) is 1. The monoisotopic (exact) mass is 294 g/mol. The second kappa shape index (κ2) is 8.61. The molecule has 0 heterocycles. The third-order valence-corrected chi connectivity index (χ3v) is 4.29. The molecule has 0 radical (unpaired) electrons. The van der Waals surface area contributed by atoms with Gasteiger partial charge in [0, 0.05) is 0 Å². The highest BCUT2D eigenvalue weighted by Crippen LogP contribution is 2.22. The molecule has 0 aliphatic rings. The molecular weight excluding hydrogens is 264 g/mol. The van der Waals surface area contributed by atoms with Crippen molar-refractivity contribution in [3.8, 4) is 5.75 Å². The first-order chi connectivity index (χ1) is 9.37. The van der Waals surface area contributed by atoms with Crippen molar-refractivity contribution >= 4 is 11.8 Å². The standard InChI is InChI=1S/C18H30OS/c1-15(2)14-20-12-6-11-19-17-9-7-16(8-10-17)13-18(3,4)5/h7-10,15H,6,11-14H2,1-5H3. The van der Waals surface area contributed by atoms with Gasteiger partial charge in [0.1, 0.15) is 5.75 Å². The fraction of sp³-hybridized carbons (Fsp3) is 0.667. The van der Waals surface area contributed by atoms with Gasteiger partial charge in [-0.05, 0) is 53.4 Å². The number of rotatable bonds is 8. The Morgan fingerprint density at radius 3 is 2.30 bits per heavy atom. The fourth-order valence-electron chi connectivity index (χ4n) is 1.99. The van der Waals surface area contributed by atoms with Gasteiger partial charge in [-0.2, -0.15) is 11.8 Å². The van der Waals surface area contributed by atoms with Crippen molar-refractivity contribution < 1.29 is 4.74 Å². The third kappa shape index (κ3) is 8.52. The van der Waals surface area contributed by atoms with E-state index in [1.165, 1.54) is 17.1 Å². The summed E-state index contributed by atoms with van der Waals surface area (Å²) >= 11 is 2.03. The molecule has 0 N–H and O–H groups in total. The van der Waals surface area contributed by atoms with E-state index in [1.807, 2.05) is 11.8 Å². The summed E-state index contributed by atoms with van der Waals surface area (Å²) in [6, 6.07) is 8.58. The van der Waals surface area contributed by atoms with Crippen molar-refractivity contribution in [1.82, 2.24) is 0 Å². The minimum Gasteiger partial charge on any atom is -0.494 e. The molecule has 0 aliphatic heterocycles. The molecule has 0 saturated heterocycles. The van der Waals surface area contributed by atoms with Gasteiger partial charge in [-0.1, -0.05) is 46.8 Å². The van der Waals surface area contributed by atoms with E-state index in [0.29, 0.717) is 5.41 Å². The molecule has 1 rings (SSSR count). The third-order valence-electron chi connectivity index (χ3n) is 2.81. The molecule has 114 valence electrons. The number of benzene rings is 1. The second-order valence-corrected chi connectivity index (χ2v) is 8.20. The normalized spacial score (nSPS) is 11.9. The average molecular weight is 295 g/mol. The molecule has 0 aliphatic carbocycles. The van der Waals surface area contributed by atoms with E-state index in [1.54, 1.807) is 0 Å². The Bertz CT molecular complexity index is 362. The predicted molar refractivity (Wildman–Crippen MR) is 91.9 cm³/mol. The molecule has 2 heteroatoms. The molecule has 0 saturated carbocycles. The van der Waals surface area contributed by atoms with Gasteiger partial charge in [-0.25, -0.2) is 0 Å². The zero-order valence-corrected chi connectivity index (χ0v) is 14.6. The molecule has 1 aromatic carbocycles. The minimum atomic E-state index is 0.343. The van der Waals surface area contributed by atoms with Crippen LogP contribution < -0.4 is 4.74 Å². The van der Waals surface area contributed by atoms with E-state index in [2.05, 4.69) is 58.9 Å². The Hall–Kier alpha value is -0.630. The molecule has 0 atom stereocenters. The smallest absolute Gasteiger partial charge is 0.119 e. The van der Waals surface area contributed by atoms with Gasteiger partial charge in [-0.3, -0.25) is 0 Å². The maximum Gasteiger partial charge on any atom is 0.119 e. The van der Waals surface area contributed by atoms with Crippen LogP contribution in [0.2, 0.25) is 0 Å². The summed E-state index contributed by atoms with van der Waals surface area (Å²) in [4.78, 5) is 0. The van der Waals surface area contributed by atoms with Crippen LogP contribution in [-0.2, 0) is 6.42 Å². The molecule has 20 heavy (non-hydrogen) atoms. The molecule has 0 amide bonds. The van der Waals surface area contributed by atoms with Gasteiger partial charge >= 0.3 is 0 Å². The average Bonchev–Trinajstić information content (AvgIpc) is 2.33. The van der Waals surface area contributed by atoms with Gasteiger partial charge in [0.2, 0.25) is 0 Å². The zero-order valence-electron chi connectivity index (χ0n) is 13.7. The molecule has 0 aromatic heterocycles. The summed E-state index contributed by atoms with van der Waals surface area (Å²) in [5.74, 6) is 4.23. The fourth-order valence-corrected chi connectivity index (χ4v) is 2.95. The summed E-state index contributed by atoms with van der Waals surface area (Å²) in [5.41, 5.74) is 1.73. The van der Waals surface area contributed by atoms with Crippen molar-refractivity contribution in [2.24, 2.45) is 11.3 Å². The van der Waals surface area contributed by atoms with Crippen LogP contribution in [0.4, 0.5) is 0 Å². The van der Waals surface area contributed by atoms with Crippen LogP contribution in [-0.4, -0.2) is 18.1 Å². The lowest BCUT2D eigenvalue weighted by Crippen LogP contribution is -2.09. The molecule has 0 fully saturated rings. The van der Waals surface area contributed by atoms with Gasteiger partial charge in [0.15, 0.2) is 0 Å². The topological polar surface area (TPSA) is 9.23 Å². The molecule has 1 aromatic rings. The van der Waals surface area contributed by atoms with Crippen molar-refractivity contribution in [3.63, 3.8) is 0 Å². The summed E-state index contributed by atoms with van der Waals surface area (Å²) in [5, 5.41) is 0. The van der Waals surface area contributed by atoms with Crippen molar-refractivity contribution in [3.05, 3.63) is 29.8 Å². The Morgan fingerprint density at radius 1 is 1.10 bits per heavy atom. The van der Waals surface area contributed by atoms with Gasteiger partial charge in [-0.15, -0.1) is 0 Å². The van der Waals surface area contributed by atoms with Crippen LogP contribution in [0.25, 0.3) is 0 Å². The van der Waals surface area contributed by atoms with Crippen molar-refractivity contribution in [2.75, 3.05) is 18.1 Å². The zero-order chi connectivity index (χ0) is 15.0. The summed E-state index contributed by atoms with van der Waals surface area (Å²) in [6.45, 7) is 12.2. The van der Waals surface area contributed by atoms with Crippen LogP contribution in [0.3, 0.4) is 0 Å². The van der Waals surface area contributed by atoms with Crippen LogP contribution in [0.1, 0.15) is 46.6 Å². The van der Waals surface area contributed by atoms with Crippen molar-refractivity contribution in [2.45, 2.75) is 47.5 Å². The Labute approximate surface area is 129 Å². The van der Waals surface area contributed by atoms with Crippen LogP contribution in [0.5, 0.6) is 5.75 Å². The summed E-state index contributed by atoms with van der Waals surface area (Å²) < 4.78 is 5.78. The Morgan fingerprint density at radius 2 is 1.75 bits per heavy atom. The summed E-state index contributed by atoms with van der Waals surface area (Å²) in [6.07, 6.45) is 2.24. The SMILES string of the molecule is CC(C)CSCCCOc1ccc(CC(C)(C)C)cc1. The van der Waals surface area contributed by atoms with E-state index < -0.39 is 0 Å². The second-order valence-electron chi connectivity index (χ2n) is 7.05.